The van der Waals surface area contributed by atoms with Crippen LogP contribution in [0.25, 0.3) is 0 Å². The number of benzene rings is 4. The number of nitrogens with zero attached hydrogens (tertiary/aromatic N) is 1. The van der Waals surface area contributed by atoms with Gasteiger partial charge in [0.05, 0.1) is 24.4 Å². The molecule has 5 rings (SSSR count). The molecule has 0 bridgehead atoms. The first-order chi connectivity index (χ1) is 18.0. The highest BCUT2D eigenvalue weighted by Gasteiger charge is 2.30. The number of methoxy groups -OCH3 is 1. The highest BCUT2D eigenvalue weighted by Crippen LogP contribution is 2.44. The number of phenolic OH excluding ortho intramolecular Hbond substituents is 2. The van der Waals surface area contributed by atoms with E-state index in [0.29, 0.717) is 35.8 Å². The second-order valence-corrected chi connectivity index (χ2v) is 8.99. The molecule has 0 saturated carbocycles. The molecule has 0 saturated heterocycles. The molecule has 4 aromatic rings. The Bertz CT molecular complexity index is 1400. The maximum atomic E-state index is 11.1. The van der Waals surface area contributed by atoms with Crippen molar-refractivity contribution in [1.29, 1.82) is 0 Å². The Labute approximate surface area is 216 Å². The number of aliphatic imine (C=N–C) groups is 1. The van der Waals surface area contributed by atoms with Crippen molar-refractivity contribution in [2.45, 2.75) is 32.1 Å². The zero-order chi connectivity index (χ0) is 25.8. The first-order valence-corrected chi connectivity index (χ1v) is 12.2. The van der Waals surface area contributed by atoms with E-state index in [1.54, 1.807) is 24.3 Å². The van der Waals surface area contributed by atoms with Gasteiger partial charge < -0.3 is 24.4 Å². The second kappa shape index (κ2) is 10.7. The molecule has 0 fully saturated rings. The third-order valence-electron chi connectivity index (χ3n) is 6.45. The van der Waals surface area contributed by atoms with E-state index in [9.17, 15) is 10.2 Å². The molecule has 6 nitrogen and oxygen atoms in total. The molecule has 1 aliphatic heterocycles. The third kappa shape index (κ3) is 5.38. The van der Waals surface area contributed by atoms with Crippen molar-refractivity contribution in [3.63, 3.8) is 0 Å². The summed E-state index contributed by atoms with van der Waals surface area (Å²) in [4.78, 5) is 5.01. The van der Waals surface area contributed by atoms with Crippen LogP contribution in [0.2, 0.25) is 0 Å². The molecule has 0 aliphatic carbocycles. The van der Waals surface area contributed by atoms with Crippen molar-refractivity contribution in [3.05, 3.63) is 113 Å². The zero-order valence-corrected chi connectivity index (χ0v) is 20.8. The summed E-state index contributed by atoms with van der Waals surface area (Å²) in [7, 11) is 1.51. The summed E-state index contributed by atoms with van der Waals surface area (Å²) >= 11 is 0. The zero-order valence-electron chi connectivity index (χ0n) is 20.8. The predicted molar refractivity (Wildman–Crippen MR) is 143 cm³/mol. The molecular weight excluding hydrogens is 466 g/mol. The van der Waals surface area contributed by atoms with Crippen LogP contribution in [-0.4, -0.2) is 23.0 Å². The number of aromatic hydroxyl groups is 2. The topological polar surface area (TPSA) is 80.5 Å². The van der Waals surface area contributed by atoms with Crippen LogP contribution in [-0.2, 0) is 6.61 Å². The number of rotatable bonds is 7. The van der Waals surface area contributed by atoms with E-state index in [4.69, 9.17) is 19.2 Å². The van der Waals surface area contributed by atoms with Crippen molar-refractivity contribution in [2.24, 2.45) is 4.99 Å². The molecule has 0 spiro atoms. The Morgan fingerprint density at radius 3 is 2.35 bits per heavy atom. The summed E-state index contributed by atoms with van der Waals surface area (Å²) in [5.74, 6) is 1.45. The van der Waals surface area contributed by atoms with Crippen LogP contribution < -0.4 is 14.2 Å². The van der Waals surface area contributed by atoms with Crippen molar-refractivity contribution in [2.75, 3.05) is 7.11 Å². The molecule has 4 aromatic carbocycles. The molecule has 1 unspecified atom stereocenters. The van der Waals surface area contributed by atoms with Gasteiger partial charge in [0.15, 0.2) is 11.5 Å². The summed E-state index contributed by atoms with van der Waals surface area (Å²) in [6, 6.07) is 28.3. The van der Waals surface area contributed by atoms with Gasteiger partial charge >= 0.3 is 0 Å². The smallest absolute Gasteiger partial charge is 0.160 e. The van der Waals surface area contributed by atoms with E-state index in [-0.39, 0.29) is 17.5 Å². The Hall–Kier alpha value is -4.45. The van der Waals surface area contributed by atoms with Crippen LogP contribution in [0.3, 0.4) is 0 Å². The number of ether oxygens (including phenoxy) is 3. The van der Waals surface area contributed by atoms with Gasteiger partial charge in [-0.25, -0.2) is 0 Å². The maximum absolute atomic E-state index is 11.1. The fourth-order valence-corrected chi connectivity index (χ4v) is 4.51. The number of hydrogen-bond acceptors (Lipinski definition) is 6. The number of hydrogen-bond donors (Lipinski definition) is 2. The molecular formula is C31H29NO5. The Morgan fingerprint density at radius 2 is 1.65 bits per heavy atom. The lowest BCUT2D eigenvalue weighted by Gasteiger charge is -2.29. The molecule has 2 atom stereocenters. The predicted octanol–water partition coefficient (Wildman–Crippen LogP) is 6.76. The Balaban J connectivity index is 1.52. The van der Waals surface area contributed by atoms with Gasteiger partial charge in [-0.3, -0.25) is 4.99 Å². The molecule has 37 heavy (non-hydrogen) atoms. The van der Waals surface area contributed by atoms with Crippen LogP contribution >= 0.6 is 0 Å². The van der Waals surface area contributed by atoms with Gasteiger partial charge in [-0.1, -0.05) is 66.7 Å². The summed E-state index contributed by atoms with van der Waals surface area (Å²) in [6.45, 7) is 2.39. The van der Waals surface area contributed by atoms with E-state index < -0.39 is 6.10 Å². The minimum absolute atomic E-state index is 0.0355. The summed E-state index contributed by atoms with van der Waals surface area (Å²) in [6.07, 6.45) is 0.00285. The van der Waals surface area contributed by atoms with Crippen LogP contribution in [0.5, 0.6) is 28.7 Å². The monoisotopic (exact) mass is 495 g/mol. The Kier molecular flexibility index (Phi) is 6.99. The number of fused-ring (bicyclic) bond motifs is 1. The van der Waals surface area contributed by atoms with Crippen molar-refractivity contribution < 1.29 is 24.4 Å². The SMILES string of the molecule is COc1ccc([C@H]2CC(=NC(C)c3ccccc3)c3c(O)cc(OCc4ccccc4)cc3O2)cc1O. The molecule has 0 amide bonds. The Morgan fingerprint density at radius 1 is 0.919 bits per heavy atom. The van der Waals surface area contributed by atoms with Crippen molar-refractivity contribution in [3.8, 4) is 28.7 Å². The summed E-state index contributed by atoms with van der Waals surface area (Å²) in [5.41, 5.74) is 4.16. The lowest BCUT2D eigenvalue weighted by Crippen LogP contribution is -2.22. The third-order valence-corrected chi connectivity index (χ3v) is 6.45. The van der Waals surface area contributed by atoms with E-state index in [1.165, 1.54) is 7.11 Å². The van der Waals surface area contributed by atoms with Gasteiger partial charge in [0, 0.05) is 18.6 Å². The average Bonchev–Trinajstić information content (AvgIpc) is 2.92. The quantitative estimate of drug-likeness (QED) is 0.296. The highest BCUT2D eigenvalue weighted by molar-refractivity contribution is 6.06. The molecule has 188 valence electrons. The van der Waals surface area contributed by atoms with Gasteiger partial charge in [0.2, 0.25) is 0 Å². The fraction of sp³-hybridized carbons (Fsp3) is 0.194. The van der Waals surface area contributed by atoms with Gasteiger partial charge in [-0.05, 0) is 35.7 Å². The first kappa shape index (κ1) is 24.3. The van der Waals surface area contributed by atoms with E-state index >= 15 is 0 Å². The fourth-order valence-electron chi connectivity index (χ4n) is 4.51. The minimum Gasteiger partial charge on any atom is -0.507 e. The maximum Gasteiger partial charge on any atom is 0.160 e. The molecule has 0 radical (unpaired) electrons. The van der Waals surface area contributed by atoms with Crippen molar-refractivity contribution in [1.82, 2.24) is 0 Å². The van der Waals surface area contributed by atoms with E-state index in [0.717, 1.165) is 22.4 Å². The lowest BCUT2D eigenvalue weighted by molar-refractivity contribution is 0.202. The summed E-state index contributed by atoms with van der Waals surface area (Å²) < 4.78 is 17.5. The van der Waals surface area contributed by atoms with Crippen LogP contribution in [0, 0.1) is 0 Å². The van der Waals surface area contributed by atoms with Gasteiger partial charge in [0.25, 0.3) is 0 Å². The number of phenols is 2. The molecule has 2 N–H and O–H groups in total. The molecule has 1 heterocycles. The normalized spacial score (nSPS) is 16.5. The van der Waals surface area contributed by atoms with E-state index in [2.05, 4.69) is 0 Å². The first-order valence-electron chi connectivity index (χ1n) is 12.2. The van der Waals surface area contributed by atoms with Crippen LogP contribution in [0.15, 0.2) is 96.0 Å². The average molecular weight is 496 g/mol. The lowest BCUT2D eigenvalue weighted by atomic mass is 9.94. The highest BCUT2D eigenvalue weighted by atomic mass is 16.5. The second-order valence-electron chi connectivity index (χ2n) is 8.99. The van der Waals surface area contributed by atoms with Crippen LogP contribution in [0.4, 0.5) is 0 Å². The standard InChI is InChI=1S/C31H29NO5/c1-20(22-11-7-4-8-12-22)32-25-18-29(23-13-14-28(35-2)26(33)15-23)37-30-17-24(16-27(34)31(25)30)36-19-21-9-5-3-6-10-21/h3-17,20,29,33-34H,18-19H2,1-2H3/t20?,29-/m1/s1. The molecule has 1 aliphatic rings. The summed E-state index contributed by atoms with van der Waals surface area (Å²) in [5, 5.41) is 21.4. The van der Waals surface area contributed by atoms with Crippen molar-refractivity contribution >= 4 is 5.71 Å². The van der Waals surface area contributed by atoms with Gasteiger partial charge in [0.1, 0.15) is 30.0 Å². The van der Waals surface area contributed by atoms with Gasteiger partial charge in [-0.2, -0.15) is 0 Å². The van der Waals surface area contributed by atoms with Crippen LogP contribution in [0.1, 0.15) is 47.7 Å². The molecule has 6 heteroatoms. The molecule has 0 aromatic heterocycles. The van der Waals surface area contributed by atoms with E-state index in [1.807, 2.05) is 73.7 Å². The van der Waals surface area contributed by atoms with Gasteiger partial charge in [-0.15, -0.1) is 0 Å². The minimum atomic E-state index is -0.421. The largest absolute Gasteiger partial charge is 0.507 e.